The van der Waals surface area contributed by atoms with Crippen molar-refractivity contribution in [2.24, 2.45) is 35.5 Å². The Morgan fingerprint density at radius 3 is 1.87 bits per heavy atom. The molecule has 52 heavy (non-hydrogen) atoms. The fraction of sp³-hybridized carbons (Fsp3) is 0.500. The first-order valence-electron chi connectivity index (χ1n) is 20.5. The molecule has 2 N–H and O–H groups in total. The molecule has 6 saturated carbocycles. The van der Waals surface area contributed by atoms with Gasteiger partial charge in [-0.05, 0) is 190 Å². The highest BCUT2D eigenvalue weighted by Crippen LogP contribution is 2.67. The Labute approximate surface area is 320 Å². The number of rotatable bonds is 13. The summed E-state index contributed by atoms with van der Waals surface area (Å²) in [6.07, 6.45) is 16.9. The first-order chi connectivity index (χ1) is 25.3. The Balaban J connectivity index is 0.835. The average Bonchev–Trinajstić information content (AvgIpc) is 3.89. The zero-order chi connectivity index (χ0) is 35.4. The summed E-state index contributed by atoms with van der Waals surface area (Å²) in [5.74, 6) is 8.39. The van der Waals surface area contributed by atoms with E-state index in [4.69, 9.17) is 0 Å². The molecule has 4 aromatic carbocycles. The molecule has 0 spiro atoms. The van der Waals surface area contributed by atoms with Crippen LogP contribution in [0.3, 0.4) is 0 Å². The number of thioether (sulfide) groups is 2. The van der Waals surface area contributed by atoms with Gasteiger partial charge in [0.2, 0.25) is 0 Å². The molecular weight excluding hydrogens is 673 g/mol. The molecule has 6 bridgehead atoms. The molecule has 0 saturated heterocycles. The second-order valence-electron chi connectivity index (χ2n) is 17.6. The lowest BCUT2D eigenvalue weighted by molar-refractivity contribution is 0.263. The van der Waals surface area contributed by atoms with Crippen molar-refractivity contribution in [1.29, 1.82) is 0 Å². The Morgan fingerprint density at radius 2 is 1.25 bits per heavy atom. The quantitative estimate of drug-likeness (QED) is 0.106. The molecular formula is C48H56O2S2. The minimum Gasteiger partial charge on any atom is -0.507 e. The van der Waals surface area contributed by atoms with Crippen molar-refractivity contribution in [3.63, 3.8) is 0 Å². The van der Waals surface area contributed by atoms with Gasteiger partial charge in [-0.1, -0.05) is 55.0 Å². The first-order valence-corrected chi connectivity index (χ1v) is 22.4. The molecule has 0 radical (unpaired) electrons. The molecule has 6 aliphatic carbocycles. The van der Waals surface area contributed by atoms with E-state index in [1.807, 2.05) is 23.5 Å². The van der Waals surface area contributed by atoms with Crippen molar-refractivity contribution in [2.45, 2.75) is 113 Å². The molecule has 7 atom stereocenters. The van der Waals surface area contributed by atoms with Crippen LogP contribution in [0.5, 0.6) is 11.5 Å². The second-order valence-corrected chi connectivity index (χ2v) is 19.9. The maximum atomic E-state index is 12.0. The molecule has 0 aromatic heterocycles. The SMILES string of the molecule is Cc1cc(CC[C@H]2C[C@H]3CCC2C3)c(O)c(-c2ccccc2SCCCCSc2ccccc2-c2cc(C)cc(C34CC5CC3C[C@H](C5)C4)c2O)c1. The van der Waals surface area contributed by atoms with E-state index < -0.39 is 0 Å². The number of phenolic OH excluding ortho intramolecular Hbond substituents is 2. The van der Waals surface area contributed by atoms with Crippen LogP contribution in [0, 0.1) is 49.4 Å². The number of hydrogen-bond acceptors (Lipinski definition) is 4. The van der Waals surface area contributed by atoms with E-state index in [2.05, 4.69) is 86.6 Å². The Hall–Kier alpha value is -2.82. The smallest absolute Gasteiger partial charge is 0.127 e. The van der Waals surface area contributed by atoms with Crippen LogP contribution in [0.4, 0.5) is 0 Å². The molecule has 6 aliphatic rings. The topological polar surface area (TPSA) is 40.5 Å². The van der Waals surface area contributed by atoms with Crippen LogP contribution < -0.4 is 0 Å². The molecule has 272 valence electrons. The third kappa shape index (κ3) is 6.52. The standard InChI is InChI=1S/C48H56O2S2/c1-30-19-37(16-15-36-25-32-13-14-35(36)24-32)46(49)41(20-30)39-9-3-5-11-44(39)51-17-7-8-18-52-45-12-6-4-10-40(45)42-21-31(2)22-43(47(42)50)48-28-33-23-34(29-48)27-38(48)26-33/h3-6,9-12,19-22,32-36,38,49-50H,7-8,13-18,23-29H2,1-2H3/t32-,33-,34?,35?,36-,38?,48?/m0/s1. The van der Waals surface area contributed by atoms with Crippen LogP contribution in [0.15, 0.2) is 82.6 Å². The van der Waals surface area contributed by atoms with Crippen LogP contribution in [0.1, 0.15) is 99.3 Å². The largest absolute Gasteiger partial charge is 0.507 e. The number of aryl methyl sites for hydroxylation is 3. The summed E-state index contributed by atoms with van der Waals surface area (Å²) in [6.45, 7) is 4.39. The number of aromatic hydroxyl groups is 2. The van der Waals surface area contributed by atoms with Crippen LogP contribution >= 0.6 is 23.5 Å². The zero-order valence-electron chi connectivity index (χ0n) is 31.2. The van der Waals surface area contributed by atoms with E-state index in [0.29, 0.717) is 11.5 Å². The van der Waals surface area contributed by atoms with Crippen LogP contribution in [-0.4, -0.2) is 21.7 Å². The third-order valence-corrected chi connectivity index (χ3v) is 16.5. The van der Waals surface area contributed by atoms with Crippen LogP contribution in [-0.2, 0) is 11.8 Å². The molecule has 10 rings (SSSR count). The second kappa shape index (κ2) is 14.4. The number of benzene rings is 4. The number of fused-ring (bicyclic) bond motifs is 2. The van der Waals surface area contributed by atoms with E-state index in [0.717, 1.165) is 88.5 Å². The van der Waals surface area contributed by atoms with Gasteiger partial charge < -0.3 is 10.2 Å². The Kier molecular flexibility index (Phi) is 9.70. The molecule has 0 amide bonds. The van der Waals surface area contributed by atoms with Crippen molar-refractivity contribution in [3.05, 3.63) is 95.1 Å². The van der Waals surface area contributed by atoms with Crippen molar-refractivity contribution in [2.75, 3.05) is 11.5 Å². The maximum Gasteiger partial charge on any atom is 0.127 e. The molecule has 4 aromatic rings. The van der Waals surface area contributed by atoms with E-state index in [9.17, 15) is 10.2 Å². The molecule has 2 nitrogen and oxygen atoms in total. The zero-order valence-corrected chi connectivity index (χ0v) is 32.8. The number of hydrogen-bond donors (Lipinski definition) is 2. The molecule has 4 unspecified atom stereocenters. The van der Waals surface area contributed by atoms with E-state index in [1.54, 1.807) is 0 Å². The lowest BCUT2D eigenvalue weighted by Gasteiger charge is -2.35. The number of phenols is 2. The average molecular weight is 729 g/mol. The molecule has 0 aliphatic heterocycles. The van der Waals surface area contributed by atoms with Gasteiger partial charge in [-0.15, -0.1) is 23.5 Å². The monoisotopic (exact) mass is 728 g/mol. The summed E-state index contributed by atoms with van der Waals surface area (Å²) in [4.78, 5) is 2.53. The summed E-state index contributed by atoms with van der Waals surface area (Å²) in [7, 11) is 0. The lowest BCUT2D eigenvalue weighted by Crippen LogP contribution is -2.28. The summed E-state index contributed by atoms with van der Waals surface area (Å²) < 4.78 is 0. The van der Waals surface area contributed by atoms with E-state index >= 15 is 0 Å². The fourth-order valence-electron chi connectivity index (χ4n) is 12.1. The van der Waals surface area contributed by atoms with Gasteiger partial charge in [-0.25, -0.2) is 0 Å². The predicted octanol–water partition coefficient (Wildman–Crippen LogP) is 13.2. The summed E-state index contributed by atoms with van der Waals surface area (Å²) >= 11 is 3.86. The van der Waals surface area contributed by atoms with Gasteiger partial charge in [-0.2, -0.15) is 0 Å². The normalized spacial score (nSPS) is 28.3. The van der Waals surface area contributed by atoms with Crippen molar-refractivity contribution in [3.8, 4) is 33.8 Å². The fourth-order valence-corrected chi connectivity index (χ4v) is 14.3. The minimum atomic E-state index is 0.200. The van der Waals surface area contributed by atoms with Gasteiger partial charge in [0.1, 0.15) is 11.5 Å². The summed E-state index contributed by atoms with van der Waals surface area (Å²) in [5, 5.41) is 23.5. The summed E-state index contributed by atoms with van der Waals surface area (Å²) in [6, 6.07) is 26.3. The highest BCUT2D eigenvalue weighted by atomic mass is 32.2. The first kappa shape index (κ1) is 34.9. The van der Waals surface area contributed by atoms with Crippen molar-refractivity contribution >= 4 is 23.5 Å². The Bertz CT molecular complexity index is 1930. The van der Waals surface area contributed by atoms with Crippen molar-refractivity contribution < 1.29 is 10.2 Å². The van der Waals surface area contributed by atoms with Gasteiger partial charge >= 0.3 is 0 Å². The van der Waals surface area contributed by atoms with Gasteiger partial charge in [0.25, 0.3) is 0 Å². The van der Waals surface area contributed by atoms with Gasteiger partial charge in [-0.3, -0.25) is 0 Å². The third-order valence-electron chi connectivity index (χ3n) is 14.2. The molecule has 4 heteroatoms. The molecule has 0 heterocycles. The Morgan fingerprint density at radius 1 is 0.635 bits per heavy atom. The minimum absolute atomic E-state index is 0.200. The van der Waals surface area contributed by atoms with Crippen molar-refractivity contribution in [1.82, 2.24) is 0 Å². The lowest BCUT2D eigenvalue weighted by atomic mass is 9.70. The van der Waals surface area contributed by atoms with Crippen LogP contribution in [0.25, 0.3) is 22.3 Å². The predicted molar refractivity (Wildman–Crippen MR) is 220 cm³/mol. The maximum absolute atomic E-state index is 12.0. The number of unbranched alkanes of at least 4 members (excludes halogenated alkanes) is 1. The van der Waals surface area contributed by atoms with Gasteiger partial charge in [0.15, 0.2) is 0 Å². The van der Waals surface area contributed by atoms with Crippen LogP contribution in [0.2, 0.25) is 0 Å². The summed E-state index contributed by atoms with van der Waals surface area (Å²) in [5.41, 5.74) is 9.45. The molecule has 6 fully saturated rings. The van der Waals surface area contributed by atoms with E-state index in [-0.39, 0.29) is 5.41 Å². The van der Waals surface area contributed by atoms with Gasteiger partial charge in [0, 0.05) is 31.9 Å². The highest BCUT2D eigenvalue weighted by Gasteiger charge is 2.59. The highest BCUT2D eigenvalue weighted by molar-refractivity contribution is 7.99. The van der Waals surface area contributed by atoms with E-state index in [1.165, 1.54) is 96.3 Å². The van der Waals surface area contributed by atoms with Gasteiger partial charge in [0.05, 0.1) is 0 Å².